The highest BCUT2D eigenvalue weighted by molar-refractivity contribution is 5.99. The van der Waals surface area contributed by atoms with Crippen LogP contribution in [-0.4, -0.2) is 34.9 Å². The van der Waals surface area contributed by atoms with E-state index < -0.39 is 28.6 Å². The van der Waals surface area contributed by atoms with Crippen LogP contribution in [0.5, 0.6) is 0 Å². The van der Waals surface area contributed by atoms with Crippen LogP contribution in [0.25, 0.3) is 0 Å². The summed E-state index contributed by atoms with van der Waals surface area (Å²) in [4.78, 5) is 25.0. The van der Waals surface area contributed by atoms with Crippen molar-refractivity contribution in [3.63, 3.8) is 0 Å². The minimum Gasteiger partial charge on any atom is -0.459 e. The molecule has 22 heavy (non-hydrogen) atoms. The fourth-order valence-electron chi connectivity index (χ4n) is 1.84. The first-order valence-electron chi connectivity index (χ1n) is 7.89. The van der Waals surface area contributed by atoms with E-state index in [1.165, 1.54) is 0 Å². The van der Waals surface area contributed by atoms with Crippen molar-refractivity contribution in [2.75, 3.05) is 6.61 Å². The fourth-order valence-corrected chi connectivity index (χ4v) is 1.84. The summed E-state index contributed by atoms with van der Waals surface area (Å²) in [5.74, 6) is -1.11. The fraction of sp³-hybridized carbons (Fsp3) is 0.882. The van der Waals surface area contributed by atoms with Gasteiger partial charge < -0.3 is 14.6 Å². The van der Waals surface area contributed by atoms with Crippen LogP contribution in [0.1, 0.15) is 74.1 Å². The lowest BCUT2D eigenvalue weighted by atomic mass is 9.84. The average molecular weight is 316 g/mol. The van der Waals surface area contributed by atoms with Crippen LogP contribution in [0.2, 0.25) is 0 Å². The maximum atomic E-state index is 12.5. The van der Waals surface area contributed by atoms with Gasteiger partial charge in [0.2, 0.25) is 0 Å². The molecule has 0 amide bonds. The van der Waals surface area contributed by atoms with Gasteiger partial charge in [-0.3, -0.25) is 9.59 Å². The van der Waals surface area contributed by atoms with Crippen LogP contribution in [0.15, 0.2) is 0 Å². The third-order valence-electron chi connectivity index (χ3n) is 3.03. The van der Waals surface area contributed by atoms with Gasteiger partial charge in [-0.2, -0.15) is 0 Å². The summed E-state index contributed by atoms with van der Waals surface area (Å²) in [7, 11) is 0. The molecule has 0 aliphatic carbocycles. The molecule has 0 unspecified atom stereocenters. The van der Waals surface area contributed by atoms with Crippen LogP contribution in [0.4, 0.5) is 0 Å². The van der Waals surface area contributed by atoms with Gasteiger partial charge in [0, 0.05) is 6.61 Å². The molecule has 1 N–H and O–H groups in total. The summed E-state index contributed by atoms with van der Waals surface area (Å²) in [6.45, 7) is 12.3. The Hall–Kier alpha value is -1.10. The molecule has 0 aliphatic rings. The van der Waals surface area contributed by atoms with E-state index in [0.717, 1.165) is 6.42 Å². The maximum Gasteiger partial charge on any atom is 0.323 e. The molecule has 0 saturated heterocycles. The van der Waals surface area contributed by atoms with Crippen LogP contribution in [-0.2, 0) is 19.1 Å². The van der Waals surface area contributed by atoms with E-state index in [-0.39, 0.29) is 6.61 Å². The monoisotopic (exact) mass is 316 g/mol. The van der Waals surface area contributed by atoms with E-state index in [4.69, 9.17) is 14.6 Å². The highest BCUT2D eigenvalue weighted by atomic mass is 16.6. The van der Waals surface area contributed by atoms with Crippen molar-refractivity contribution in [2.24, 2.45) is 5.41 Å². The standard InChI is InChI=1S/C17H32O5/c1-15(2,3)21-13(19)17(7,11-9-8-10-12-18)14(20)22-16(4,5)6/h18H,8-12H2,1-7H3. The molecule has 0 saturated carbocycles. The van der Waals surface area contributed by atoms with Gasteiger partial charge >= 0.3 is 11.9 Å². The average Bonchev–Trinajstić information content (AvgIpc) is 2.29. The third kappa shape index (κ3) is 7.78. The molecule has 0 rings (SSSR count). The van der Waals surface area contributed by atoms with Crippen molar-refractivity contribution in [3.8, 4) is 0 Å². The molecular weight excluding hydrogens is 284 g/mol. The van der Waals surface area contributed by atoms with Crippen LogP contribution in [0.3, 0.4) is 0 Å². The van der Waals surface area contributed by atoms with Crippen molar-refractivity contribution < 1.29 is 24.2 Å². The van der Waals surface area contributed by atoms with Gasteiger partial charge in [0.1, 0.15) is 11.2 Å². The number of hydrogen-bond acceptors (Lipinski definition) is 5. The van der Waals surface area contributed by atoms with Crippen LogP contribution in [0, 0.1) is 5.41 Å². The van der Waals surface area contributed by atoms with E-state index >= 15 is 0 Å². The minimum absolute atomic E-state index is 0.107. The van der Waals surface area contributed by atoms with Gasteiger partial charge in [-0.1, -0.05) is 12.8 Å². The Labute approximate surface area is 134 Å². The number of aliphatic hydroxyl groups is 1. The molecule has 0 bridgehead atoms. The molecule has 0 aromatic carbocycles. The topological polar surface area (TPSA) is 72.8 Å². The summed E-state index contributed by atoms with van der Waals surface area (Å²) in [6, 6.07) is 0. The first kappa shape index (κ1) is 20.9. The lowest BCUT2D eigenvalue weighted by Gasteiger charge is -2.32. The molecular formula is C17H32O5. The lowest BCUT2D eigenvalue weighted by Crippen LogP contribution is -2.44. The summed E-state index contributed by atoms with van der Waals surface area (Å²) in [6.07, 6.45) is 2.39. The number of unbranched alkanes of at least 4 members (excludes halogenated alkanes) is 2. The Balaban J connectivity index is 5.11. The highest BCUT2D eigenvalue weighted by Crippen LogP contribution is 2.32. The van der Waals surface area contributed by atoms with Crippen LogP contribution >= 0.6 is 0 Å². The quantitative estimate of drug-likeness (QED) is 0.443. The summed E-state index contributed by atoms with van der Waals surface area (Å²) < 4.78 is 10.8. The summed E-state index contributed by atoms with van der Waals surface area (Å²) in [5.41, 5.74) is -2.65. The summed E-state index contributed by atoms with van der Waals surface area (Å²) in [5, 5.41) is 8.84. The zero-order chi connectivity index (χ0) is 17.6. The number of aliphatic hydroxyl groups excluding tert-OH is 1. The van der Waals surface area contributed by atoms with E-state index in [1.54, 1.807) is 48.5 Å². The number of ether oxygens (including phenoxy) is 2. The third-order valence-corrected chi connectivity index (χ3v) is 3.03. The van der Waals surface area contributed by atoms with Crippen molar-refractivity contribution in [2.45, 2.75) is 85.4 Å². The highest BCUT2D eigenvalue weighted by Gasteiger charge is 2.46. The normalized spacial score (nSPS) is 12.9. The van der Waals surface area contributed by atoms with E-state index in [1.807, 2.05) is 0 Å². The van der Waals surface area contributed by atoms with Gasteiger partial charge in [0.25, 0.3) is 0 Å². The van der Waals surface area contributed by atoms with Gasteiger partial charge in [0.15, 0.2) is 5.41 Å². The molecule has 5 nitrogen and oxygen atoms in total. The second-order valence-electron chi connectivity index (χ2n) is 7.87. The Morgan fingerprint density at radius 2 is 1.18 bits per heavy atom. The smallest absolute Gasteiger partial charge is 0.323 e. The van der Waals surface area contributed by atoms with Gasteiger partial charge in [0.05, 0.1) is 0 Å². The summed E-state index contributed by atoms with van der Waals surface area (Å²) >= 11 is 0. The molecule has 0 heterocycles. The van der Waals surface area contributed by atoms with Gasteiger partial charge in [-0.25, -0.2) is 0 Å². The molecule has 130 valence electrons. The van der Waals surface area contributed by atoms with Crippen molar-refractivity contribution in [1.29, 1.82) is 0 Å². The Bertz CT molecular complexity index is 345. The SMILES string of the molecule is CC(C)(C)OC(=O)C(C)(CCCCCO)C(=O)OC(C)(C)C. The van der Waals surface area contributed by atoms with Crippen molar-refractivity contribution >= 4 is 11.9 Å². The maximum absolute atomic E-state index is 12.5. The molecule has 0 aromatic rings. The predicted molar refractivity (Wildman–Crippen MR) is 85.4 cm³/mol. The first-order chi connectivity index (χ1) is 9.82. The van der Waals surface area contributed by atoms with Gasteiger partial charge in [-0.05, 0) is 61.3 Å². The zero-order valence-corrected chi connectivity index (χ0v) is 15.1. The molecule has 0 fully saturated rings. The van der Waals surface area contributed by atoms with E-state index in [9.17, 15) is 9.59 Å². The number of esters is 2. The molecule has 0 aromatic heterocycles. The lowest BCUT2D eigenvalue weighted by molar-refractivity contribution is -0.184. The predicted octanol–water partition coefficient (Wildman–Crippen LogP) is 3.23. The number of hydrogen-bond donors (Lipinski definition) is 1. The Morgan fingerprint density at radius 1 is 0.773 bits per heavy atom. The van der Waals surface area contributed by atoms with Crippen molar-refractivity contribution in [1.82, 2.24) is 0 Å². The largest absolute Gasteiger partial charge is 0.459 e. The van der Waals surface area contributed by atoms with Crippen molar-refractivity contribution in [3.05, 3.63) is 0 Å². The Kier molecular flexibility index (Phi) is 7.55. The Morgan fingerprint density at radius 3 is 1.50 bits per heavy atom. The molecule has 0 spiro atoms. The number of rotatable bonds is 7. The minimum atomic E-state index is -1.32. The van der Waals surface area contributed by atoms with E-state index in [2.05, 4.69) is 0 Å². The molecule has 0 aliphatic heterocycles. The van der Waals surface area contributed by atoms with Crippen LogP contribution < -0.4 is 0 Å². The second-order valence-corrected chi connectivity index (χ2v) is 7.87. The number of carbonyl (C=O) groups is 2. The second kappa shape index (κ2) is 7.95. The molecule has 0 radical (unpaired) electrons. The molecule has 5 heteroatoms. The number of carbonyl (C=O) groups excluding carboxylic acids is 2. The van der Waals surface area contributed by atoms with Gasteiger partial charge in [-0.15, -0.1) is 0 Å². The molecule has 0 atom stereocenters. The zero-order valence-electron chi connectivity index (χ0n) is 15.1. The van der Waals surface area contributed by atoms with E-state index in [0.29, 0.717) is 19.3 Å². The first-order valence-corrected chi connectivity index (χ1v) is 7.89.